The van der Waals surface area contributed by atoms with Crippen LogP contribution >= 0.6 is 0 Å². The molecule has 1 heterocycles. The molecule has 0 radical (unpaired) electrons. The van der Waals surface area contributed by atoms with E-state index in [4.69, 9.17) is 9.47 Å². The van der Waals surface area contributed by atoms with E-state index in [1.165, 1.54) is 4.90 Å². The van der Waals surface area contributed by atoms with Crippen molar-refractivity contribution in [1.29, 1.82) is 0 Å². The van der Waals surface area contributed by atoms with E-state index in [1.54, 1.807) is 58.9 Å². The van der Waals surface area contributed by atoms with Crippen molar-refractivity contribution in [3.05, 3.63) is 35.4 Å². The van der Waals surface area contributed by atoms with Gasteiger partial charge in [0, 0.05) is 11.5 Å². The molecular formula is C21H28FNO4. The number of carbonyl (C=O) groups is 2. The van der Waals surface area contributed by atoms with Gasteiger partial charge in [-0.05, 0) is 53.0 Å². The lowest BCUT2D eigenvalue weighted by Crippen LogP contribution is -2.50. The van der Waals surface area contributed by atoms with Crippen LogP contribution in [0.3, 0.4) is 0 Å². The summed E-state index contributed by atoms with van der Waals surface area (Å²) in [6, 6.07) is 6.31. The van der Waals surface area contributed by atoms with Gasteiger partial charge in [0.2, 0.25) is 0 Å². The van der Waals surface area contributed by atoms with Crippen molar-refractivity contribution in [3.8, 4) is 0 Å². The van der Waals surface area contributed by atoms with E-state index in [1.807, 2.05) is 0 Å². The zero-order valence-electron chi connectivity index (χ0n) is 16.6. The molecular weight excluding hydrogens is 349 g/mol. The van der Waals surface area contributed by atoms with E-state index in [2.05, 4.69) is 0 Å². The summed E-state index contributed by atoms with van der Waals surface area (Å²) in [7, 11) is 0. The van der Waals surface area contributed by atoms with Crippen molar-refractivity contribution in [2.24, 2.45) is 5.92 Å². The lowest BCUT2D eigenvalue weighted by molar-refractivity contribution is -0.0797. The zero-order chi connectivity index (χ0) is 20.0. The summed E-state index contributed by atoms with van der Waals surface area (Å²) in [6.07, 6.45) is 0.686. The first-order valence-corrected chi connectivity index (χ1v) is 9.44. The fourth-order valence-electron chi connectivity index (χ4n) is 3.51. The number of benzene rings is 1. The average Bonchev–Trinajstić information content (AvgIpc) is 3.36. The standard InChI is InChI=1S/C21H28FNO4/c1-20(2,3)27-19(25)23-16(12-22)18(26-21(23,4)5)15-10-8-14(9-11-15)17(24)13-6-7-13/h8-11,13,16,18H,6-7,12H2,1-5H3/t16-,18-/m1/s1. The van der Waals surface area contributed by atoms with Gasteiger partial charge in [-0.25, -0.2) is 9.18 Å². The molecule has 2 atom stereocenters. The molecule has 27 heavy (non-hydrogen) atoms. The first-order valence-electron chi connectivity index (χ1n) is 9.44. The zero-order valence-corrected chi connectivity index (χ0v) is 16.6. The Morgan fingerprint density at radius 1 is 1.22 bits per heavy atom. The van der Waals surface area contributed by atoms with Crippen molar-refractivity contribution in [2.75, 3.05) is 6.67 Å². The molecule has 0 N–H and O–H groups in total. The summed E-state index contributed by atoms with van der Waals surface area (Å²) < 4.78 is 25.5. The predicted molar refractivity (Wildman–Crippen MR) is 99.2 cm³/mol. The van der Waals surface area contributed by atoms with E-state index >= 15 is 0 Å². The summed E-state index contributed by atoms with van der Waals surface area (Å²) in [5.74, 6) is 0.311. The fraction of sp³-hybridized carbons (Fsp3) is 0.619. The van der Waals surface area contributed by atoms with Crippen LogP contribution in [0, 0.1) is 5.92 Å². The smallest absolute Gasteiger partial charge is 0.413 e. The van der Waals surface area contributed by atoms with Gasteiger partial charge in [-0.15, -0.1) is 0 Å². The highest BCUT2D eigenvalue weighted by Gasteiger charge is 2.51. The number of halogens is 1. The molecule has 0 aromatic heterocycles. The number of hydrogen-bond donors (Lipinski definition) is 0. The first-order chi connectivity index (χ1) is 12.5. The van der Waals surface area contributed by atoms with Crippen molar-refractivity contribution in [2.45, 2.75) is 70.9 Å². The van der Waals surface area contributed by atoms with Gasteiger partial charge in [-0.2, -0.15) is 0 Å². The molecule has 1 amide bonds. The summed E-state index contributed by atoms with van der Waals surface area (Å²) >= 11 is 0. The number of alkyl halides is 1. The van der Waals surface area contributed by atoms with Crippen LogP contribution in [0.4, 0.5) is 9.18 Å². The van der Waals surface area contributed by atoms with Crippen LogP contribution in [-0.2, 0) is 9.47 Å². The van der Waals surface area contributed by atoms with Crippen molar-refractivity contribution >= 4 is 11.9 Å². The third-order valence-corrected chi connectivity index (χ3v) is 4.90. The number of carbonyl (C=O) groups excluding carboxylic acids is 2. The molecule has 1 saturated heterocycles. The monoisotopic (exact) mass is 377 g/mol. The lowest BCUT2D eigenvalue weighted by atomic mass is 9.99. The van der Waals surface area contributed by atoms with E-state index < -0.39 is 36.2 Å². The van der Waals surface area contributed by atoms with Gasteiger partial charge in [0.15, 0.2) is 5.78 Å². The number of hydrogen-bond acceptors (Lipinski definition) is 4. The summed E-state index contributed by atoms with van der Waals surface area (Å²) in [5, 5.41) is 0. The molecule has 1 saturated carbocycles. The Bertz CT molecular complexity index is 719. The highest BCUT2D eigenvalue weighted by molar-refractivity contribution is 5.99. The molecule has 1 aromatic rings. The Morgan fingerprint density at radius 2 is 1.81 bits per heavy atom. The maximum Gasteiger partial charge on any atom is 0.413 e. The summed E-state index contributed by atoms with van der Waals surface area (Å²) in [4.78, 5) is 26.2. The lowest BCUT2D eigenvalue weighted by Gasteiger charge is -2.34. The van der Waals surface area contributed by atoms with Gasteiger partial charge in [0.25, 0.3) is 0 Å². The Balaban J connectivity index is 1.83. The third kappa shape index (κ3) is 4.15. The molecule has 1 aliphatic heterocycles. The predicted octanol–water partition coefficient (Wildman–Crippen LogP) is 4.66. The SMILES string of the molecule is CC(C)(C)OC(=O)N1[C@H](CF)[C@@H](c2ccc(C(=O)C3CC3)cc2)OC1(C)C. The minimum absolute atomic E-state index is 0.152. The molecule has 2 fully saturated rings. The molecule has 2 aliphatic rings. The number of Topliss-reactive ketones (excluding diaryl/α,β-unsaturated/α-hetero) is 1. The number of ketones is 1. The Kier molecular flexibility index (Phi) is 5.06. The molecule has 5 nitrogen and oxygen atoms in total. The minimum atomic E-state index is -1.01. The first kappa shape index (κ1) is 19.8. The highest BCUT2D eigenvalue weighted by atomic mass is 19.1. The number of rotatable bonds is 4. The second kappa shape index (κ2) is 6.89. The van der Waals surface area contributed by atoms with Crippen LogP contribution in [0.15, 0.2) is 24.3 Å². The van der Waals surface area contributed by atoms with Gasteiger partial charge in [-0.3, -0.25) is 9.69 Å². The molecule has 148 valence electrons. The van der Waals surface area contributed by atoms with Crippen LogP contribution in [0.1, 0.15) is 69.5 Å². The van der Waals surface area contributed by atoms with Gasteiger partial charge < -0.3 is 9.47 Å². The van der Waals surface area contributed by atoms with E-state index in [-0.39, 0.29) is 11.7 Å². The topological polar surface area (TPSA) is 55.8 Å². The Morgan fingerprint density at radius 3 is 2.30 bits per heavy atom. The average molecular weight is 377 g/mol. The van der Waals surface area contributed by atoms with Crippen LogP contribution in [0.25, 0.3) is 0 Å². The molecule has 0 bridgehead atoms. The van der Waals surface area contributed by atoms with Crippen LogP contribution in [-0.4, -0.2) is 40.8 Å². The molecule has 1 aromatic carbocycles. The second-order valence-electron chi connectivity index (χ2n) is 8.82. The van der Waals surface area contributed by atoms with Crippen LogP contribution < -0.4 is 0 Å². The highest BCUT2D eigenvalue weighted by Crippen LogP contribution is 2.42. The summed E-state index contributed by atoms with van der Waals surface area (Å²) in [6.45, 7) is 8.01. The van der Waals surface area contributed by atoms with E-state index in [0.717, 1.165) is 18.4 Å². The quantitative estimate of drug-likeness (QED) is 0.716. The Hall–Kier alpha value is -1.95. The maximum atomic E-state index is 14.0. The van der Waals surface area contributed by atoms with Crippen LogP contribution in [0.2, 0.25) is 0 Å². The molecule has 1 aliphatic carbocycles. The fourth-order valence-corrected chi connectivity index (χ4v) is 3.51. The Labute approximate surface area is 159 Å². The van der Waals surface area contributed by atoms with Crippen molar-refractivity contribution < 1.29 is 23.5 Å². The normalized spacial score (nSPS) is 24.7. The van der Waals surface area contributed by atoms with E-state index in [9.17, 15) is 14.0 Å². The molecule has 3 rings (SSSR count). The van der Waals surface area contributed by atoms with Crippen LogP contribution in [0.5, 0.6) is 0 Å². The molecule has 6 heteroatoms. The van der Waals surface area contributed by atoms with Gasteiger partial charge in [0.1, 0.15) is 24.1 Å². The maximum absolute atomic E-state index is 14.0. The second-order valence-corrected chi connectivity index (χ2v) is 8.82. The summed E-state index contributed by atoms with van der Waals surface area (Å²) in [5.41, 5.74) is -0.285. The number of nitrogens with zero attached hydrogens (tertiary/aromatic N) is 1. The van der Waals surface area contributed by atoms with Crippen molar-refractivity contribution in [1.82, 2.24) is 4.90 Å². The van der Waals surface area contributed by atoms with Gasteiger partial charge in [0.05, 0.1) is 6.04 Å². The van der Waals surface area contributed by atoms with Gasteiger partial charge in [-0.1, -0.05) is 24.3 Å². The molecule has 0 spiro atoms. The minimum Gasteiger partial charge on any atom is -0.444 e. The number of ether oxygens (including phenoxy) is 2. The third-order valence-electron chi connectivity index (χ3n) is 4.90. The largest absolute Gasteiger partial charge is 0.444 e. The van der Waals surface area contributed by atoms with Crippen molar-refractivity contribution in [3.63, 3.8) is 0 Å². The van der Waals surface area contributed by atoms with E-state index in [0.29, 0.717) is 5.56 Å². The molecule has 0 unspecified atom stereocenters. The van der Waals surface area contributed by atoms with Gasteiger partial charge >= 0.3 is 6.09 Å². The number of amides is 1.